The molecule has 4 nitrogen and oxygen atoms in total. The van der Waals surface area contributed by atoms with Crippen LogP contribution in [0.1, 0.15) is 26.7 Å². The molecule has 0 fully saturated rings. The Bertz CT molecular complexity index is 181. The Morgan fingerprint density at radius 1 is 1.14 bits per heavy atom. The van der Waals surface area contributed by atoms with Gasteiger partial charge in [0.15, 0.2) is 0 Å². The minimum atomic E-state index is -3.34. The molecule has 0 rings (SSSR count). The lowest BCUT2D eigenvalue weighted by atomic mass is 10.5. The molecule has 0 N–H and O–H groups in total. The molecular formula is C9H19O4P. The summed E-state index contributed by atoms with van der Waals surface area (Å²) in [7, 11) is -3.34. The Balaban J connectivity index is 4.03. The van der Waals surface area contributed by atoms with Crippen molar-refractivity contribution in [2.45, 2.75) is 26.7 Å². The van der Waals surface area contributed by atoms with E-state index in [4.69, 9.17) is 13.6 Å². The zero-order valence-electron chi connectivity index (χ0n) is 8.90. The first kappa shape index (κ1) is 13.8. The van der Waals surface area contributed by atoms with Crippen LogP contribution in [0.4, 0.5) is 0 Å². The fourth-order valence-corrected chi connectivity index (χ4v) is 1.99. The smallest absolute Gasteiger partial charge is 0.287 e. The molecule has 0 aromatic rings. The summed E-state index contributed by atoms with van der Waals surface area (Å²) in [4.78, 5) is 0. The van der Waals surface area contributed by atoms with Gasteiger partial charge in [-0.3, -0.25) is 13.6 Å². The highest BCUT2D eigenvalue weighted by Gasteiger charge is 2.25. The van der Waals surface area contributed by atoms with E-state index in [-0.39, 0.29) is 6.61 Å². The predicted octanol–water partition coefficient (Wildman–Crippen LogP) is 3.15. The van der Waals surface area contributed by atoms with Crippen LogP contribution in [-0.4, -0.2) is 19.8 Å². The highest BCUT2D eigenvalue weighted by molar-refractivity contribution is 7.48. The third-order valence-electron chi connectivity index (χ3n) is 1.26. The first-order valence-corrected chi connectivity index (χ1v) is 6.29. The summed E-state index contributed by atoms with van der Waals surface area (Å²) < 4.78 is 26.8. The van der Waals surface area contributed by atoms with Gasteiger partial charge in [-0.15, -0.1) is 6.58 Å². The quantitative estimate of drug-likeness (QED) is 0.444. The van der Waals surface area contributed by atoms with Gasteiger partial charge in [-0.2, -0.15) is 0 Å². The molecule has 0 aliphatic rings. The third kappa shape index (κ3) is 6.33. The number of rotatable bonds is 9. The van der Waals surface area contributed by atoms with Gasteiger partial charge in [0.25, 0.3) is 0 Å². The Morgan fingerprint density at radius 3 is 2.00 bits per heavy atom. The van der Waals surface area contributed by atoms with E-state index in [1.165, 1.54) is 6.08 Å². The van der Waals surface area contributed by atoms with Gasteiger partial charge in [0.05, 0.1) is 19.8 Å². The molecule has 84 valence electrons. The molecule has 0 atom stereocenters. The summed E-state index contributed by atoms with van der Waals surface area (Å²) in [5.74, 6) is 0. The molecule has 0 aliphatic carbocycles. The van der Waals surface area contributed by atoms with Gasteiger partial charge in [0.1, 0.15) is 0 Å². The third-order valence-corrected chi connectivity index (χ3v) is 2.72. The molecule has 0 saturated heterocycles. The van der Waals surface area contributed by atoms with E-state index in [1.807, 2.05) is 13.8 Å². The van der Waals surface area contributed by atoms with Crippen molar-refractivity contribution < 1.29 is 18.1 Å². The zero-order chi connectivity index (χ0) is 10.9. The summed E-state index contributed by atoms with van der Waals surface area (Å²) in [6.07, 6.45) is 3.06. The van der Waals surface area contributed by atoms with Crippen LogP contribution in [0.2, 0.25) is 0 Å². The summed E-state index contributed by atoms with van der Waals surface area (Å²) in [5, 5.41) is 0. The summed E-state index contributed by atoms with van der Waals surface area (Å²) >= 11 is 0. The van der Waals surface area contributed by atoms with Crippen LogP contribution >= 0.6 is 7.82 Å². The van der Waals surface area contributed by atoms with E-state index in [9.17, 15) is 4.57 Å². The first-order valence-electron chi connectivity index (χ1n) is 4.83. The van der Waals surface area contributed by atoms with E-state index in [0.29, 0.717) is 13.2 Å². The fraction of sp³-hybridized carbons (Fsp3) is 0.778. The Kier molecular flexibility index (Phi) is 8.09. The molecule has 5 heteroatoms. The van der Waals surface area contributed by atoms with E-state index < -0.39 is 7.82 Å². The maximum atomic E-state index is 11.8. The van der Waals surface area contributed by atoms with Crippen molar-refractivity contribution in [2.24, 2.45) is 0 Å². The molecule has 0 aromatic heterocycles. The fourth-order valence-electron chi connectivity index (χ4n) is 0.662. The SMILES string of the molecule is C=CCOP(=O)(OCCC)OCCC. The maximum Gasteiger partial charge on any atom is 0.475 e. The van der Waals surface area contributed by atoms with E-state index in [2.05, 4.69) is 6.58 Å². The van der Waals surface area contributed by atoms with Gasteiger partial charge < -0.3 is 0 Å². The summed E-state index contributed by atoms with van der Waals surface area (Å²) in [5.41, 5.74) is 0. The number of phosphoric ester groups is 1. The first-order chi connectivity index (χ1) is 6.68. The minimum absolute atomic E-state index is 0.171. The number of hydrogen-bond donors (Lipinski definition) is 0. The minimum Gasteiger partial charge on any atom is -0.287 e. The van der Waals surface area contributed by atoms with E-state index in [1.54, 1.807) is 0 Å². The molecule has 0 unspecified atom stereocenters. The zero-order valence-corrected chi connectivity index (χ0v) is 9.79. The van der Waals surface area contributed by atoms with Crippen LogP contribution < -0.4 is 0 Å². The van der Waals surface area contributed by atoms with E-state index in [0.717, 1.165) is 12.8 Å². The van der Waals surface area contributed by atoms with Crippen LogP contribution in [-0.2, 0) is 18.1 Å². The largest absolute Gasteiger partial charge is 0.475 e. The molecule has 0 amide bonds. The van der Waals surface area contributed by atoms with Crippen molar-refractivity contribution in [3.63, 3.8) is 0 Å². The lowest BCUT2D eigenvalue weighted by Crippen LogP contribution is -2.02. The van der Waals surface area contributed by atoms with Gasteiger partial charge in [-0.05, 0) is 12.8 Å². The van der Waals surface area contributed by atoms with Crippen LogP contribution in [0.3, 0.4) is 0 Å². The molecule has 0 saturated carbocycles. The second-order valence-electron chi connectivity index (χ2n) is 2.70. The van der Waals surface area contributed by atoms with Gasteiger partial charge in [-0.25, -0.2) is 4.57 Å². The molecule has 0 heterocycles. The molecule has 0 spiro atoms. The monoisotopic (exact) mass is 222 g/mol. The average molecular weight is 222 g/mol. The van der Waals surface area contributed by atoms with Crippen LogP contribution in [0.25, 0.3) is 0 Å². The molecule has 0 radical (unpaired) electrons. The molecular weight excluding hydrogens is 203 g/mol. The maximum absolute atomic E-state index is 11.8. The Morgan fingerprint density at radius 2 is 1.64 bits per heavy atom. The topological polar surface area (TPSA) is 44.8 Å². The van der Waals surface area contributed by atoms with Crippen LogP contribution in [0.15, 0.2) is 12.7 Å². The molecule has 14 heavy (non-hydrogen) atoms. The highest BCUT2D eigenvalue weighted by Crippen LogP contribution is 2.49. The lowest BCUT2D eigenvalue weighted by Gasteiger charge is -2.16. The lowest BCUT2D eigenvalue weighted by molar-refractivity contribution is 0.122. The van der Waals surface area contributed by atoms with Crippen molar-refractivity contribution in [3.05, 3.63) is 12.7 Å². The highest BCUT2D eigenvalue weighted by atomic mass is 31.2. The standard InChI is InChI=1S/C9H19O4P/c1-4-7-11-14(10,12-8-5-2)13-9-6-3/h4H,1,5-9H2,2-3H3. The number of hydrogen-bond acceptors (Lipinski definition) is 4. The van der Waals surface area contributed by atoms with Crippen molar-refractivity contribution in [3.8, 4) is 0 Å². The van der Waals surface area contributed by atoms with Gasteiger partial charge in [-0.1, -0.05) is 19.9 Å². The molecule has 0 bridgehead atoms. The van der Waals surface area contributed by atoms with Gasteiger partial charge in [0, 0.05) is 0 Å². The number of phosphoric acid groups is 1. The summed E-state index contributed by atoms with van der Waals surface area (Å²) in [6, 6.07) is 0. The Labute approximate surface area is 85.9 Å². The van der Waals surface area contributed by atoms with Crippen molar-refractivity contribution in [1.29, 1.82) is 0 Å². The van der Waals surface area contributed by atoms with E-state index >= 15 is 0 Å². The second kappa shape index (κ2) is 8.18. The molecule has 0 aromatic carbocycles. The van der Waals surface area contributed by atoms with Crippen molar-refractivity contribution >= 4 is 7.82 Å². The van der Waals surface area contributed by atoms with Crippen LogP contribution in [0.5, 0.6) is 0 Å². The molecule has 0 aliphatic heterocycles. The van der Waals surface area contributed by atoms with Gasteiger partial charge in [0.2, 0.25) is 0 Å². The van der Waals surface area contributed by atoms with Crippen molar-refractivity contribution in [2.75, 3.05) is 19.8 Å². The van der Waals surface area contributed by atoms with Gasteiger partial charge >= 0.3 is 7.82 Å². The normalized spacial score (nSPS) is 11.6. The van der Waals surface area contributed by atoms with Crippen LogP contribution in [0, 0.1) is 0 Å². The summed E-state index contributed by atoms with van der Waals surface area (Å²) in [6.45, 7) is 8.24. The predicted molar refractivity (Wildman–Crippen MR) is 56.2 cm³/mol. The van der Waals surface area contributed by atoms with Crippen molar-refractivity contribution in [1.82, 2.24) is 0 Å². The Hall–Kier alpha value is -0.150. The second-order valence-corrected chi connectivity index (χ2v) is 4.37. The average Bonchev–Trinajstić information content (AvgIpc) is 2.21.